The van der Waals surface area contributed by atoms with Crippen LogP contribution in [0, 0.1) is 6.92 Å². The fourth-order valence-corrected chi connectivity index (χ4v) is 3.18. The second kappa shape index (κ2) is 8.81. The molecule has 1 fully saturated rings. The molecule has 2 amide bonds. The number of amides is 2. The molecule has 0 saturated carbocycles. The third-order valence-corrected chi connectivity index (χ3v) is 4.72. The normalized spacial score (nSPS) is 14.2. The molecule has 0 aliphatic carbocycles. The minimum Gasteiger partial charge on any atom is -0.490 e. The maximum Gasteiger partial charge on any atom is 0.317 e. The molecule has 3 rings (SSSR count). The van der Waals surface area contributed by atoms with E-state index in [9.17, 15) is 4.79 Å². The summed E-state index contributed by atoms with van der Waals surface area (Å²) >= 11 is 6.04. The van der Waals surface area contributed by atoms with Crippen LogP contribution in [0.15, 0.2) is 48.5 Å². The largest absolute Gasteiger partial charge is 0.490 e. The summed E-state index contributed by atoms with van der Waals surface area (Å²) in [6, 6.07) is 15.7. The number of hydrogen-bond donors (Lipinski definition) is 1. The molecular weight excluding hydrogens is 350 g/mol. The van der Waals surface area contributed by atoms with Gasteiger partial charge in [0.2, 0.25) is 0 Å². The molecule has 1 saturated heterocycles. The molecular formula is C20H24ClN3O2. The van der Waals surface area contributed by atoms with E-state index in [1.165, 1.54) is 11.3 Å². The van der Waals surface area contributed by atoms with E-state index in [2.05, 4.69) is 41.4 Å². The minimum absolute atomic E-state index is 0.0448. The Morgan fingerprint density at radius 3 is 2.62 bits per heavy atom. The fourth-order valence-electron chi connectivity index (χ4n) is 2.98. The molecule has 1 N–H and O–H groups in total. The van der Waals surface area contributed by atoms with Crippen LogP contribution in [0.1, 0.15) is 5.56 Å². The number of anilines is 1. The average molecular weight is 374 g/mol. The van der Waals surface area contributed by atoms with Gasteiger partial charge in [0, 0.05) is 31.9 Å². The first-order valence-electron chi connectivity index (χ1n) is 8.85. The zero-order chi connectivity index (χ0) is 18.4. The molecule has 0 atom stereocenters. The maximum absolute atomic E-state index is 12.3. The smallest absolute Gasteiger partial charge is 0.317 e. The summed E-state index contributed by atoms with van der Waals surface area (Å²) in [7, 11) is 0. The Kier molecular flexibility index (Phi) is 6.23. The highest BCUT2D eigenvalue weighted by Gasteiger charge is 2.21. The number of urea groups is 1. The summed E-state index contributed by atoms with van der Waals surface area (Å²) in [5.74, 6) is 0.634. The lowest BCUT2D eigenvalue weighted by atomic mass is 10.2. The molecule has 6 heteroatoms. The van der Waals surface area contributed by atoms with Gasteiger partial charge in [-0.25, -0.2) is 4.79 Å². The van der Waals surface area contributed by atoms with E-state index in [4.69, 9.17) is 16.3 Å². The summed E-state index contributed by atoms with van der Waals surface area (Å²) < 4.78 is 5.59. The average Bonchev–Trinajstić information content (AvgIpc) is 2.66. The van der Waals surface area contributed by atoms with Crippen LogP contribution in [-0.2, 0) is 0 Å². The van der Waals surface area contributed by atoms with E-state index < -0.39 is 0 Å². The van der Waals surface area contributed by atoms with Crippen LogP contribution in [0.2, 0.25) is 5.02 Å². The second-order valence-corrected chi connectivity index (χ2v) is 6.73. The topological polar surface area (TPSA) is 44.8 Å². The molecule has 0 unspecified atom stereocenters. The number of nitrogens with one attached hydrogen (secondary N) is 1. The standard InChI is InChI=1S/C20H24ClN3O2/c1-16-5-4-6-17(15-16)23-10-12-24(13-11-23)20(25)22-9-14-26-19-8-3-2-7-18(19)21/h2-8,15H,9-14H2,1H3,(H,22,25). The molecule has 0 aromatic heterocycles. The number of piperazine rings is 1. The van der Waals surface area contributed by atoms with Gasteiger partial charge in [-0.1, -0.05) is 35.9 Å². The summed E-state index contributed by atoms with van der Waals surface area (Å²) in [5, 5.41) is 3.48. The zero-order valence-electron chi connectivity index (χ0n) is 15.0. The van der Waals surface area contributed by atoms with Crippen LogP contribution in [0.5, 0.6) is 5.75 Å². The Labute approximate surface area is 159 Å². The van der Waals surface area contributed by atoms with Crippen molar-refractivity contribution in [2.24, 2.45) is 0 Å². The molecule has 1 aliphatic rings. The predicted octanol–water partition coefficient (Wildman–Crippen LogP) is 3.56. The minimum atomic E-state index is -0.0448. The third kappa shape index (κ3) is 4.82. The van der Waals surface area contributed by atoms with Gasteiger partial charge in [0.05, 0.1) is 11.6 Å². The fraction of sp³-hybridized carbons (Fsp3) is 0.350. The summed E-state index contributed by atoms with van der Waals surface area (Å²) in [6.45, 7) is 6.04. The van der Waals surface area contributed by atoms with E-state index in [1.807, 2.05) is 23.1 Å². The number of ether oxygens (including phenoxy) is 1. The Balaban J connectivity index is 1.39. The number of nitrogens with zero attached hydrogens (tertiary/aromatic N) is 2. The van der Waals surface area contributed by atoms with Crippen molar-refractivity contribution in [3.8, 4) is 5.75 Å². The van der Waals surface area contributed by atoms with Crippen molar-refractivity contribution in [3.63, 3.8) is 0 Å². The van der Waals surface area contributed by atoms with Gasteiger partial charge in [-0.2, -0.15) is 0 Å². The second-order valence-electron chi connectivity index (χ2n) is 6.32. The van der Waals surface area contributed by atoms with Crippen LogP contribution < -0.4 is 15.0 Å². The number of hydrogen-bond acceptors (Lipinski definition) is 3. The van der Waals surface area contributed by atoms with Gasteiger partial charge in [-0.15, -0.1) is 0 Å². The van der Waals surface area contributed by atoms with Gasteiger partial charge in [0.1, 0.15) is 12.4 Å². The van der Waals surface area contributed by atoms with Crippen molar-refractivity contribution in [1.82, 2.24) is 10.2 Å². The van der Waals surface area contributed by atoms with Crippen molar-refractivity contribution < 1.29 is 9.53 Å². The SMILES string of the molecule is Cc1cccc(N2CCN(C(=O)NCCOc3ccccc3Cl)CC2)c1. The van der Waals surface area contributed by atoms with Crippen molar-refractivity contribution in [1.29, 1.82) is 0 Å². The Bertz CT molecular complexity index is 745. The number of benzene rings is 2. The number of aryl methyl sites for hydroxylation is 1. The number of halogens is 1. The first-order valence-corrected chi connectivity index (χ1v) is 9.23. The Morgan fingerprint density at radius 1 is 1.12 bits per heavy atom. The van der Waals surface area contributed by atoms with Crippen molar-refractivity contribution in [2.45, 2.75) is 6.92 Å². The number of para-hydroxylation sites is 1. The molecule has 1 heterocycles. The lowest BCUT2D eigenvalue weighted by Crippen LogP contribution is -2.52. The van der Waals surface area contributed by atoms with Gasteiger partial charge in [0.15, 0.2) is 0 Å². The maximum atomic E-state index is 12.3. The van der Waals surface area contributed by atoms with Crippen molar-refractivity contribution in [3.05, 3.63) is 59.1 Å². The van der Waals surface area contributed by atoms with Crippen molar-refractivity contribution in [2.75, 3.05) is 44.2 Å². The van der Waals surface area contributed by atoms with E-state index in [-0.39, 0.29) is 6.03 Å². The quantitative estimate of drug-likeness (QED) is 0.815. The number of carbonyl (C=O) groups excluding carboxylic acids is 1. The summed E-state index contributed by atoms with van der Waals surface area (Å²) in [6.07, 6.45) is 0. The van der Waals surface area contributed by atoms with E-state index in [0.29, 0.717) is 37.0 Å². The first-order chi connectivity index (χ1) is 12.6. The lowest BCUT2D eigenvalue weighted by Gasteiger charge is -2.36. The number of carbonyl (C=O) groups is 1. The van der Waals surface area contributed by atoms with Crippen LogP contribution >= 0.6 is 11.6 Å². The van der Waals surface area contributed by atoms with Crippen LogP contribution in [0.3, 0.4) is 0 Å². The van der Waals surface area contributed by atoms with Crippen LogP contribution in [-0.4, -0.2) is 50.3 Å². The van der Waals surface area contributed by atoms with Gasteiger partial charge in [-0.05, 0) is 36.8 Å². The molecule has 2 aromatic carbocycles. The zero-order valence-corrected chi connectivity index (χ0v) is 15.7. The molecule has 2 aromatic rings. The Morgan fingerprint density at radius 2 is 1.88 bits per heavy atom. The number of rotatable bonds is 5. The third-order valence-electron chi connectivity index (χ3n) is 4.41. The Hall–Kier alpha value is -2.40. The highest BCUT2D eigenvalue weighted by molar-refractivity contribution is 6.32. The van der Waals surface area contributed by atoms with Gasteiger partial charge < -0.3 is 19.9 Å². The predicted molar refractivity (Wildman–Crippen MR) is 105 cm³/mol. The molecule has 0 spiro atoms. The van der Waals surface area contributed by atoms with Crippen LogP contribution in [0.25, 0.3) is 0 Å². The first kappa shape index (κ1) is 18.4. The highest BCUT2D eigenvalue weighted by Crippen LogP contribution is 2.22. The van der Waals surface area contributed by atoms with Crippen molar-refractivity contribution >= 4 is 23.3 Å². The van der Waals surface area contributed by atoms with Gasteiger partial charge in [-0.3, -0.25) is 0 Å². The molecule has 0 radical (unpaired) electrons. The van der Waals surface area contributed by atoms with E-state index in [0.717, 1.165) is 13.1 Å². The molecule has 0 bridgehead atoms. The monoisotopic (exact) mass is 373 g/mol. The molecule has 138 valence electrons. The highest BCUT2D eigenvalue weighted by atomic mass is 35.5. The lowest BCUT2D eigenvalue weighted by molar-refractivity contribution is 0.191. The van der Waals surface area contributed by atoms with E-state index >= 15 is 0 Å². The molecule has 5 nitrogen and oxygen atoms in total. The van der Waals surface area contributed by atoms with Gasteiger partial charge >= 0.3 is 6.03 Å². The van der Waals surface area contributed by atoms with Crippen LogP contribution in [0.4, 0.5) is 10.5 Å². The molecule has 26 heavy (non-hydrogen) atoms. The summed E-state index contributed by atoms with van der Waals surface area (Å²) in [4.78, 5) is 16.5. The molecule has 1 aliphatic heterocycles. The summed E-state index contributed by atoms with van der Waals surface area (Å²) in [5.41, 5.74) is 2.47. The van der Waals surface area contributed by atoms with E-state index in [1.54, 1.807) is 6.07 Å². The van der Waals surface area contributed by atoms with Gasteiger partial charge in [0.25, 0.3) is 0 Å².